The number of likely N-dealkylation sites (N-methyl/N-ethyl adjacent to an activating group) is 1. The van der Waals surface area contributed by atoms with Crippen LogP contribution in [0.25, 0.3) is 0 Å². The molecule has 118 valence electrons. The Morgan fingerprint density at radius 1 is 1.29 bits per heavy atom. The van der Waals surface area contributed by atoms with Crippen LogP contribution in [0, 0.1) is 0 Å². The van der Waals surface area contributed by atoms with Crippen molar-refractivity contribution in [2.24, 2.45) is 0 Å². The van der Waals surface area contributed by atoms with Gasteiger partial charge in [0, 0.05) is 37.6 Å². The van der Waals surface area contributed by atoms with E-state index in [-0.39, 0.29) is 11.5 Å². The van der Waals surface area contributed by atoms with E-state index in [1.165, 1.54) is 12.1 Å². The normalized spacial score (nSPS) is 19.8. The molecule has 0 N–H and O–H groups in total. The number of hydrogen-bond acceptors (Lipinski definition) is 4. The third-order valence-electron chi connectivity index (χ3n) is 4.31. The van der Waals surface area contributed by atoms with Gasteiger partial charge >= 0.3 is 0 Å². The van der Waals surface area contributed by atoms with Crippen molar-refractivity contribution in [3.05, 3.63) is 30.3 Å². The van der Waals surface area contributed by atoms with E-state index in [1.54, 1.807) is 6.92 Å². The van der Waals surface area contributed by atoms with E-state index in [0.717, 1.165) is 19.5 Å². The molecule has 5 heteroatoms. The summed E-state index contributed by atoms with van der Waals surface area (Å²) in [4.78, 5) is 4.60. The lowest BCUT2D eigenvalue weighted by atomic mass is 10.2. The van der Waals surface area contributed by atoms with Gasteiger partial charge in [0.25, 0.3) is 0 Å². The molecule has 0 radical (unpaired) electrons. The molecule has 0 bridgehead atoms. The summed E-state index contributed by atoms with van der Waals surface area (Å²) in [6, 6.07) is 10.8. The molecule has 1 heterocycles. The van der Waals surface area contributed by atoms with Gasteiger partial charge in [0.1, 0.15) is 0 Å². The molecule has 21 heavy (non-hydrogen) atoms. The molecule has 1 aromatic carbocycles. The summed E-state index contributed by atoms with van der Waals surface area (Å²) in [5.74, 6) is 0.532. The fourth-order valence-corrected chi connectivity index (χ4v) is 3.70. The lowest BCUT2D eigenvalue weighted by Gasteiger charge is -2.29. The molecule has 2 rings (SSSR count). The van der Waals surface area contributed by atoms with E-state index in [0.29, 0.717) is 12.6 Å². The largest absolute Gasteiger partial charge is 0.373 e. The molecule has 0 amide bonds. The van der Waals surface area contributed by atoms with Crippen molar-refractivity contribution in [2.75, 3.05) is 43.1 Å². The van der Waals surface area contributed by atoms with Gasteiger partial charge in [-0.1, -0.05) is 25.1 Å². The number of rotatable bonds is 7. The molecule has 1 aliphatic rings. The lowest BCUT2D eigenvalue weighted by molar-refractivity contribution is 0.271. The summed E-state index contributed by atoms with van der Waals surface area (Å²) in [5, 5.41) is 0. The van der Waals surface area contributed by atoms with Crippen molar-refractivity contribution in [1.29, 1.82) is 0 Å². The van der Waals surface area contributed by atoms with E-state index in [4.69, 9.17) is 0 Å². The van der Waals surface area contributed by atoms with Gasteiger partial charge < -0.3 is 4.90 Å². The highest BCUT2D eigenvalue weighted by Gasteiger charge is 2.26. The Morgan fingerprint density at radius 3 is 2.67 bits per heavy atom. The van der Waals surface area contributed by atoms with E-state index in [1.807, 2.05) is 18.2 Å². The molecular weight excluding hydrogens is 284 g/mol. The van der Waals surface area contributed by atoms with Crippen LogP contribution in [0.1, 0.15) is 19.8 Å². The molecule has 0 saturated carbocycles. The highest BCUT2D eigenvalue weighted by atomic mass is 32.2. The first-order chi connectivity index (χ1) is 10.0. The summed E-state index contributed by atoms with van der Waals surface area (Å²) >= 11 is 0. The van der Waals surface area contributed by atoms with Gasteiger partial charge in [0.15, 0.2) is 9.84 Å². The molecule has 1 fully saturated rings. The third kappa shape index (κ3) is 4.71. The van der Waals surface area contributed by atoms with E-state index in [9.17, 15) is 8.42 Å². The van der Waals surface area contributed by atoms with Gasteiger partial charge in [0.2, 0.25) is 0 Å². The molecule has 0 aromatic heterocycles. The SMILES string of the molecule is CCS(=O)(=O)CCN1CCCC1CN(C)c1ccccc1. The topological polar surface area (TPSA) is 40.6 Å². The summed E-state index contributed by atoms with van der Waals surface area (Å²) in [6.07, 6.45) is 2.32. The van der Waals surface area contributed by atoms with Gasteiger partial charge in [-0.05, 0) is 31.5 Å². The number of likely N-dealkylation sites (tertiary alicyclic amines) is 1. The van der Waals surface area contributed by atoms with Crippen molar-refractivity contribution in [2.45, 2.75) is 25.8 Å². The molecular formula is C16H26N2O2S. The van der Waals surface area contributed by atoms with Gasteiger partial charge in [0.05, 0.1) is 5.75 Å². The monoisotopic (exact) mass is 310 g/mol. The van der Waals surface area contributed by atoms with Crippen LogP contribution in [0.15, 0.2) is 30.3 Å². The minimum absolute atomic E-state index is 0.245. The maximum Gasteiger partial charge on any atom is 0.151 e. The number of anilines is 1. The number of para-hydroxylation sites is 1. The minimum Gasteiger partial charge on any atom is -0.373 e. The fraction of sp³-hybridized carbons (Fsp3) is 0.625. The number of nitrogens with zero attached hydrogens (tertiary/aromatic N) is 2. The second-order valence-electron chi connectivity index (χ2n) is 5.78. The van der Waals surface area contributed by atoms with Gasteiger partial charge in [-0.2, -0.15) is 0 Å². The van der Waals surface area contributed by atoms with Crippen LogP contribution in [0.5, 0.6) is 0 Å². The Hall–Kier alpha value is -1.07. The first kappa shape index (κ1) is 16.3. The van der Waals surface area contributed by atoms with Crippen LogP contribution in [0.2, 0.25) is 0 Å². The molecule has 1 aliphatic heterocycles. The highest BCUT2D eigenvalue weighted by molar-refractivity contribution is 7.91. The number of benzene rings is 1. The zero-order valence-corrected chi connectivity index (χ0v) is 13.8. The van der Waals surface area contributed by atoms with Gasteiger partial charge in [-0.15, -0.1) is 0 Å². The van der Waals surface area contributed by atoms with Crippen molar-refractivity contribution in [3.8, 4) is 0 Å². The Balaban J connectivity index is 1.90. The van der Waals surface area contributed by atoms with Crippen LogP contribution in [-0.4, -0.2) is 57.5 Å². The molecule has 1 aromatic rings. The summed E-state index contributed by atoms with van der Waals surface area (Å²) in [5.41, 5.74) is 1.21. The number of hydrogen-bond donors (Lipinski definition) is 0. The Bertz CT molecular complexity index is 530. The summed E-state index contributed by atoms with van der Waals surface area (Å²) in [7, 11) is -0.761. The smallest absolute Gasteiger partial charge is 0.151 e. The van der Waals surface area contributed by atoms with Crippen molar-refractivity contribution >= 4 is 15.5 Å². The Morgan fingerprint density at radius 2 is 2.00 bits per heavy atom. The van der Waals surface area contributed by atoms with E-state index >= 15 is 0 Å². The Labute approximate surface area is 128 Å². The van der Waals surface area contributed by atoms with Crippen molar-refractivity contribution in [3.63, 3.8) is 0 Å². The first-order valence-corrected chi connectivity index (χ1v) is 9.54. The number of sulfone groups is 1. The van der Waals surface area contributed by atoms with Crippen LogP contribution in [-0.2, 0) is 9.84 Å². The maximum absolute atomic E-state index is 11.7. The summed E-state index contributed by atoms with van der Waals surface area (Å²) < 4.78 is 23.3. The van der Waals surface area contributed by atoms with E-state index < -0.39 is 9.84 Å². The van der Waals surface area contributed by atoms with Crippen molar-refractivity contribution in [1.82, 2.24) is 4.90 Å². The molecule has 4 nitrogen and oxygen atoms in total. The predicted molar refractivity (Wildman–Crippen MR) is 88.6 cm³/mol. The van der Waals surface area contributed by atoms with Crippen LogP contribution >= 0.6 is 0 Å². The van der Waals surface area contributed by atoms with Gasteiger partial charge in [-0.3, -0.25) is 4.90 Å². The van der Waals surface area contributed by atoms with Gasteiger partial charge in [-0.25, -0.2) is 8.42 Å². The second-order valence-corrected chi connectivity index (χ2v) is 8.26. The fourth-order valence-electron chi connectivity index (χ4n) is 2.90. The average Bonchev–Trinajstić information content (AvgIpc) is 2.93. The quantitative estimate of drug-likeness (QED) is 0.772. The maximum atomic E-state index is 11.7. The standard InChI is InChI=1S/C16H26N2O2S/c1-3-21(19,20)13-12-18-11-7-10-16(18)14-17(2)15-8-5-4-6-9-15/h4-6,8-9,16H,3,7,10-14H2,1-2H3. The zero-order chi connectivity index (χ0) is 15.3. The second kappa shape index (κ2) is 7.27. The molecule has 1 saturated heterocycles. The predicted octanol–water partition coefficient (Wildman–Crippen LogP) is 2.02. The average molecular weight is 310 g/mol. The molecule has 1 atom stereocenters. The minimum atomic E-state index is -2.87. The van der Waals surface area contributed by atoms with Crippen LogP contribution < -0.4 is 4.90 Å². The first-order valence-electron chi connectivity index (χ1n) is 7.72. The van der Waals surface area contributed by atoms with E-state index in [2.05, 4.69) is 29.0 Å². The highest BCUT2D eigenvalue weighted by Crippen LogP contribution is 2.20. The van der Waals surface area contributed by atoms with Crippen LogP contribution in [0.3, 0.4) is 0 Å². The molecule has 1 unspecified atom stereocenters. The molecule has 0 aliphatic carbocycles. The van der Waals surface area contributed by atoms with Crippen LogP contribution in [0.4, 0.5) is 5.69 Å². The Kier molecular flexibility index (Phi) is 5.65. The third-order valence-corrected chi connectivity index (χ3v) is 5.99. The lowest BCUT2D eigenvalue weighted by Crippen LogP contribution is -2.41. The zero-order valence-electron chi connectivity index (χ0n) is 13.0. The van der Waals surface area contributed by atoms with Crippen molar-refractivity contribution < 1.29 is 8.42 Å². The molecule has 0 spiro atoms. The summed E-state index contributed by atoms with van der Waals surface area (Å²) in [6.45, 7) is 4.37.